The van der Waals surface area contributed by atoms with Crippen LogP contribution in [-0.2, 0) is 6.42 Å². The van der Waals surface area contributed by atoms with Gasteiger partial charge in [0.2, 0.25) is 0 Å². The second kappa shape index (κ2) is 5.86. The minimum Gasteiger partial charge on any atom is -0.377 e. The quantitative estimate of drug-likeness (QED) is 0.686. The highest BCUT2D eigenvalue weighted by Gasteiger charge is 2.21. The number of anilines is 1. The number of nitro benzene ring substituents is 1. The maximum absolute atomic E-state index is 10.8. The Morgan fingerprint density at radius 1 is 1.27 bits per heavy atom. The SMILES string of the molecule is N#Cc1cc([N+](=O)[O-])ccc1NC1CCCc2ccccc21. The number of fused-ring (bicyclic) bond motifs is 1. The molecule has 0 fully saturated rings. The van der Waals surface area contributed by atoms with Gasteiger partial charge < -0.3 is 5.32 Å². The average molecular weight is 293 g/mol. The number of nitrogens with one attached hydrogen (secondary N) is 1. The predicted octanol–water partition coefficient (Wildman–Crippen LogP) is 3.96. The summed E-state index contributed by atoms with van der Waals surface area (Å²) in [5.41, 5.74) is 3.46. The number of hydrogen-bond donors (Lipinski definition) is 1. The molecule has 1 atom stereocenters. The minimum absolute atomic E-state index is 0.0638. The van der Waals surface area contributed by atoms with Gasteiger partial charge in [0.05, 0.1) is 22.2 Å². The maximum atomic E-state index is 10.8. The third kappa shape index (κ3) is 2.63. The van der Waals surface area contributed by atoms with Crippen molar-refractivity contribution in [3.8, 4) is 6.07 Å². The number of nitrogens with zero attached hydrogens (tertiary/aromatic N) is 2. The van der Waals surface area contributed by atoms with Gasteiger partial charge in [0, 0.05) is 12.1 Å². The van der Waals surface area contributed by atoms with E-state index in [9.17, 15) is 15.4 Å². The van der Waals surface area contributed by atoms with Gasteiger partial charge in [-0.1, -0.05) is 24.3 Å². The first-order valence-electron chi connectivity index (χ1n) is 7.22. The van der Waals surface area contributed by atoms with E-state index in [1.807, 2.05) is 18.2 Å². The summed E-state index contributed by atoms with van der Waals surface area (Å²) >= 11 is 0. The van der Waals surface area contributed by atoms with Crippen molar-refractivity contribution in [1.82, 2.24) is 0 Å². The zero-order valence-electron chi connectivity index (χ0n) is 12.0. The zero-order valence-corrected chi connectivity index (χ0v) is 12.0. The zero-order chi connectivity index (χ0) is 15.5. The van der Waals surface area contributed by atoms with Crippen LogP contribution in [0.25, 0.3) is 0 Å². The number of nitriles is 1. The van der Waals surface area contributed by atoms with Gasteiger partial charge in [-0.15, -0.1) is 0 Å². The van der Waals surface area contributed by atoms with Crippen molar-refractivity contribution in [2.45, 2.75) is 25.3 Å². The van der Waals surface area contributed by atoms with E-state index in [0.29, 0.717) is 11.3 Å². The van der Waals surface area contributed by atoms with Crippen molar-refractivity contribution in [3.05, 3.63) is 69.3 Å². The van der Waals surface area contributed by atoms with Crippen molar-refractivity contribution >= 4 is 11.4 Å². The molecule has 2 aromatic rings. The molecule has 1 aliphatic rings. The second-order valence-electron chi connectivity index (χ2n) is 5.39. The molecule has 0 aliphatic heterocycles. The molecule has 3 rings (SSSR count). The lowest BCUT2D eigenvalue weighted by Gasteiger charge is -2.27. The number of benzene rings is 2. The van der Waals surface area contributed by atoms with E-state index in [1.165, 1.54) is 23.3 Å². The van der Waals surface area contributed by atoms with E-state index < -0.39 is 4.92 Å². The number of hydrogen-bond acceptors (Lipinski definition) is 4. The molecular weight excluding hydrogens is 278 g/mol. The Kier molecular flexibility index (Phi) is 3.75. The number of nitro groups is 1. The monoisotopic (exact) mass is 293 g/mol. The Hall–Kier alpha value is -2.87. The molecular formula is C17H15N3O2. The fraction of sp³-hybridized carbons (Fsp3) is 0.235. The van der Waals surface area contributed by atoms with Crippen molar-refractivity contribution in [2.24, 2.45) is 0 Å². The summed E-state index contributed by atoms with van der Waals surface area (Å²) < 4.78 is 0. The fourth-order valence-electron chi connectivity index (χ4n) is 2.96. The first-order chi connectivity index (χ1) is 10.7. The summed E-state index contributed by atoms with van der Waals surface area (Å²) in [6.07, 6.45) is 3.14. The molecule has 1 aliphatic carbocycles. The molecule has 0 spiro atoms. The van der Waals surface area contributed by atoms with Gasteiger partial charge in [-0.25, -0.2) is 0 Å². The minimum atomic E-state index is -0.486. The van der Waals surface area contributed by atoms with Crippen molar-refractivity contribution < 1.29 is 4.92 Å². The Morgan fingerprint density at radius 2 is 2.09 bits per heavy atom. The lowest BCUT2D eigenvalue weighted by molar-refractivity contribution is -0.384. The standard InChI is InChI=1S/C17H15N3O2/c18-11-13-10-14(20(21)22)8-9-16(13)19-17-7-3-5-12-4-1-2-6-15(12)17/h1-2,4,6,8-10,17,19H,3,5,7H2. The van der Waals surface area contributed by atoms with Gasteiger partial charge in [0.25, 0.3) is 5.69 Å². The molecule has 0 saturated carbocycles. The van der Waals surface area contributed by atoms with E-state index in [2.05, 4.69) is 17.4 Å². The van der Waals surface area contributed by atoms with E-state index in [-0.39, 0.29) is 11.7 Å². The van der Waals surface area contributed by atoms with Gasteiger partial charge in [-0.2, -0.15) is 5.26 Å². The molecule has 110 valence electrons. The fourth-order valence-corrected chi connectivity index (χ4v) is 2.96. The number of aryl methyl sites for hydroxylation is 1. The summed E-state index contributed by atoms with van der Waals surface area (Å²) in [5.74, 6) is 0. The highest BCUT2D eigenvalue weighted by molar-refractivity contribution is 5.62. The third-order valence-corrected chi connectivity index (χ3v) is 4.03. The first-order valence-corrected chi connectivity index (χ1v) is 7.22. The molecule has 0 radical (unpaired) electrons. The summed E-state index contributed by atoms with van der Waals surface area (Å²) in [7, 11) is 0. The maximum Gasteiger partial charge on any atom is 0.270 e. The molecule has 1 unspecified atom stereocenters. The number of rotatable bonds is 3. The molecule has 0 bridgehead atoms. The Bertz CT molecular complexity index is 765. The molecule has 5 heteroatoms. The van der Waals surface area contributed by atoms with Gasteiger partial charge in [-0.3, -0.25) is 10.1 Å². The van der Waals surface area contributed by atoms with Crippen LogP contribution >= 0.6 is 0 Å². The third-order valence-electron chi connectivity index (χ3n) is 4.03. The van der Waals surface area contributed by atoms with Crippen LogP contribution in [0.4, 0.5) is 11.4 Å². The number of non-ortho nitro benzene ring substituents is 1. The van der Waals surface area contributed by atoms with Crippen LogP contribution in [0, 0.1) is 21.4 Å². The van der Waals surface area contributed by atoms with E-state index in [4.69, 9.17) is 0 Å². The molecule has 2 aromatic carbocycles. The van der Waals surface area contributed by atoms with E-state index in [1.54, 1.807) is 6.07 Å². The van der Waals surface area contributed by atoms with Gasteiger partial charge in [-0.05, 0) is 36.5 Å². The molecule has 0 heterocycles. The highest BCUT2D eigenvalue weighted by atomic mass is 16.6. The largest absolute Gasteiger partial charge is 0.377 e. The van der Waals surface area contributed by atoms with Crippen LogP contribution in [0.5, 0.6) is 0 Å². The molecule has 22 heavy (non-hydrogen) atoms. The van der Waals surface area contributed by atoms with Crippen LogP contribution in [0.2, 0.25) is 0 Å². The average Bonchev–Trinajstić information content (AvgIpc) is 2.55. The van der Waals surface area contributed by atoms with Crippen LogP contribution in [-0.4, -0.2) is 4.92 Å². The van der Waals surface area contributed by atoms with Gasteiger partial charge in [0.15, 0.2) is 0 Å². The molecule has 1 N–H and O–H groups in total. The van der Waals surface area contributed by atoms with Crippen molar-refractivity contribution in [3.63, 3.8) is 0 Å². The van der Waals surface area contributed by atoms with Gasteiger partial charge >= 0.3 is 0 Å². The van der Waals surface area contributed by atoms with E-state index in [0.717, 1.165) is 19.3 Å². The van der Waals surface area contributed by atoms with Gasteiger partial charge in [0.1, 0.15) is 6.07 Å². The summed E-state index contributed by atoms with van der Waals surface area (Å²) in [6.45, 7) is 0. The first kappa shape index (κ1) is 14.1. The van der Waals surface area contributed by atoms with Crippen LogP contribution < -0.4 is 5.32 Å². The molecule has 0 amide bonds. The Morgan fingerprint density at radius 3 is 2.86 bits per heavy atom. The molecule has 0 aromatic heterocycles. The lowest BCUT2D eigenvalue weighted by Crippen LogP contribution is -2.17. The molecule has 5 nitrogen and oxygen atoms in total. The lowest BCUT2D eigenvalue weighted by atomic mass is 9.87. The normalized spacial score (nSPS) is 16.4. The highest BCUT2D eigenvalue weighted by Crippen LogP contribution is 2.33. The summed E-state index contributed by atoms with van der Waals surface area (Å²) in [5, 5.41) is 23.4. The van der Waals surface area contributed by atoms with Crippen molar-refractivity contribution in [1.29, 1.82) is 5.26 Å². The van der Waals surface area contributed by atoms with Crippen LogP contribution in [0.3, 0.4) is 0 Å². The Balaban J connectivity index is 1.92. The topological polar surface area (TPSA) is 79.0 Å². The summed E-state index contributed by atoms with van der Waals surface area (Å²) in [6, 6.07) is 14.8. The summed E-state index contributed by atoms with van der Waals surface area (Å²) in [4.78, 5) is 10.3. The van der Waals surface area contributed by atoms with E-state index >= 15 is 0 Å². The second-order valence-corrected chi connectivity index (χ2v) is 5.39. The van der Waals surface area contributed by atoms with Crippen LogP contribution in [0.15, 0.2) is 42.5 Å². The van der Waals surface area contributed by atoms with Crippen molar-refractivity contribution in [2.75, 3.05) is 5.32 Å². The molecule has 0 saturated heterocycles. The Labute approximate surface area is 128 Å². The predicted molar refractivity (Wildman–Crippen MR) is 83.6 cm³/mol. The van der Waals surface area contributed by atoms with Crippen LogP contribution in [0.1, 0.15) is 35.6 Å². The smallest absolute Gasteiger partial charge is 0.270 e.